The molecule has 0 aromatic carbocycles. The van der Waals surface area contributed by atoms with Crippen molar-refractivity contribution in [3.63, 3.8) is 0 Å². The number of allylic oxidation sites excluding steroid dienone is 14. The molecule has 0 spiro atoms. The van der Waals surface area contributed by atoms with Gasteiger partial charge in [0.15, 0.2) is 6.10 Å². The summed E-state index contributed by atoms with van der Waals surface area (Å²) in [5.41, 5.74) is 0. The molecule has 0 bridgehead atoms. The van der Waals surface area contributed by atoms with E-state index in [1.807, 2.05) is 0 Å². The summed E-state index contributed by atoms with van der Waals surface area (Å²) in [4.78, 5) is 38.4. The SMILES string of the molecule is CC/C=C\C/C=C\C/C=C\C/C=C\C/C=C\CCCC(=O)OCC(COC(=O)CCCCCCCCCCCCC/C=C\CCCCCCCCCC)OC(=O)CCCCCCCCCCC/C=C\CCCCCCCCCC. The zero-order valence-electron chi connectivity index (χ0n) is 52.4. The van der Waals surface area contributed by atoms with Crippen LogP contribution in [0, 0.1) is 0 Å². The molecule has 6 heteroatoms. The maximum absolute atomic E-state index is 12.9. The predicted octanol–water partition coefficient (Wildman–Crippen LogP) is 23.4. The van der Waals surface area contributed by atoms with E-state index in [4.69, 9.17) is 14.2 Å². The third-order valence-electron chi connectivity index (χ3n) is 14.9. The Morgan fingerprint density at radius 2 is 0.506 bits per heavy atom. The van der Waals surface area contributed by atoms with Crippen molar-refractivity contribution in [2.24, 2.45) is 0 Å². The summed E-state index contributed by atoms with van der Waals surface area (Å²) in [6, 6.07) is 0. The molecule has 0 fully saturated rings. The third-order valence-corrected chi connectivity index (χ3v) is 14.9. The van der Waals surface area contributed by atoms with Gasteiger partial charge in [-0.1, -0.05) is 298 Å². The van der Waals surface area contributed by atoms with Gasteiger partial charge in [-0.05, 0) is 109 Å². The molecule has 0 aliphatic rings. The van der Waals surface area contributed by atoms with E-state index in [0.29, 0.717) is 19.3 Å². The van der Waals surface area contributed by atoms with E-state index in [0.717, 1.165) is 77.0 Å². The third kappa shape index (κ3) is 65.3. The number of rotatable bonds is 62. The van der Waals surface area contributed by atoms with Crippen molar-refractivity contribution < 1.29 is 28.6 Å². The smallest absolute Gasteiger partial charge is 0.306 e. The fourth-order valence-corrected chi connectivity index (χ4v) is 9.76. The number of carbonyl (C=O) groups excluding carboxylic acids is 3. The van der Waals surface area contributed by atoms with Crippen LogP contribution in [-0.4, -0.2) is 37.2 Å². The minimum atomic E-state index is -0.803. The zero-order chi connectivity index (χ0) is 57.1. The molecule has 0 aromatic rings. The Morgan fingerprint density at radius 1 is 0.266 bits per heavy atom. The molecule has 0 amide bonds. The average Bonchev–Trinajstić information content (AvgIpc) is 3.45. The van der Waals surface area contributed by atoms with Crippen LogP contribution in [0.1, 0.15) is 342 Å². The normalized spacial score (nSPS) is 12.6. The first-order valence-corrected chi connectivity index (χ1v) is 34.1. The Hall–Kier alpha value is -3.41. The summed E-state index contributed by atoms with van der Waals surface area (Å²) < 4.78 is 16.9. The maximum Gasteiger partial charge on any atom is 0.306 e. The minimum absolute atomic E-state index is 0.0937. The number of unbranched alkanes of at least 4 members (excludes halogenated alkanes) is 37. The fraction of sp³-hybridized carbons (Fsp3) is 0.767. The molecule has 0 aliphatic heterocycles. The lowest BCUT2D eigenvalue weighted by atomic mass is 10.0. The van der Waals surface area contributed by atoms with Crippen LogP contribution < -0.4 is 0 Å². The summed E-state index contributed by atoms with van der Waals surface area (Å²) in [5.74, 6) is -0.942. The molecule has 0 rings (SSSR count). The predicted molar refractivity (Wildman–Crippen MR) is 344 cm³/mol. The van der Waals surface area contributed by atoms with E-state index in [2.05, 4.69) is 106 Å². The second-order valence-corrected chi connectivity index (χ2v) is 22.7. The van der Waals surface area contributed by atoms with Gasteiger partial charge in [0.25, 0.3) is 0 Å². The zero-order valence-corrected chi connectivity index (χ0v) is 52.4. The van der Waals surface area contributed by atoms with Crippen molar-refractivity contribution in [2.45, 2.75) is 348 Å². The van der Waals surface area contributed by atoms with Crippen molar-refractivity contribution >= 4 is 17.9 Å². The number of hydrogen-bond acceptors (Lipinski definition) is 6. The van der Waals surface area contributed by atoms with Gasteiger partial charge in [0.1, 0.15) is 13.2 Å². The van der Waals surface area contributed by atoms with E-state index in [-0.39, 0.29) is 37.5 Å². The monoisotopic (exact) mass is 1100 g/mol. The van der Waals surface area contributed by atoms with E-state index < -0.39 is 6.10 Å². The van der Waals surface area contributed by atoms with Crippen LogP contribution in [-0.2, 0) is 28.6 Å². The first kappa shape index (κ1) is 75.6. The molecule has 0 saturated heterocycles. The van der Waals surface area contributed by atoms with Gasteiger partial charge in [0, 0.05) is 19.3 Å². The van der Waals surface area contributed by atoms with E-state index in [1.165, 1.54) is 218 Å². The standard InChI is InChI=1S/C73H128O6/c1-4-7-10-13-16-19-22-25-28-31-33-35-36-38-39-42-45-48-51-54-57-60-63-66-72(75)78-69-70(68-77-71(74)65-62-59-56-53-50-47-44-41-30-27-24-21-18-15-12-9-6-3)79-73(76)67-64-61-58-55-52-49-46-43-40-37-34-32-29-26-23-20-17-14-11-8-5-2/h9,12,18,21,27,30-34,44,47,53,56,70H,4-8,10-11,13-17,19-20,22-26,28-29,35-43,45-46,48-52,54-55,57-69H2,1-3H3/b12-9-,21-18-,30-27-,33-31-,34-32-,47-44-,56-53-. The van der Waals surface area contributed by atoms with Crippen molar-refractivity contribution in [3.8, 4) is 0 Å². The molecule has 6 nitrogen and oxygen atoms in total. The summed E-state index contributed by atoms with van der Waals surface area (Å²) in [7, 11) is 0. The van der Waals surface area contributed by atoms with Crippen LogP contribution in [0.15, 0.2) is 85.1 Å². The fourth-order valence-electron chi connectivity index (χ4n) is 9.76. The molecule has 456 valence electrons. The van der Waals surface area contributed by atoms with Gasteiger partial charge in [-0.2, -0.15) is 0 Å². The largest absolute Gasteiger partial charge is 0.462 e. The Kier molecular flexibility index (Phi) is 64.2. The van der Waals surface area contributed by atoms with Gasteiger partial charge in [-0.25, -0.2) is 0 Å². The number of ether oxygens (including phenoxy) is 3. The van der Waals surface area contributed by atoms with Crippen LogP contribution in [0.4, 0.5) is 0 Å². The highest BCUT2D eigenvalue weighted by atomic mass is 16.6. The van der Waals surface area contributed by atoms with Crippen LogP contribution >= 0.6 is 0 Å². The van der Waals surface area contributed by atoms with E-state index in [9.17, 15) is 14.4 Å². The second kappa shape index (κ2) is 67.1. The Morgan fingerprint density at radius 3 is 0.835 bits per heavy atom. The molecule has 0 radical (unpaired) electrons. The van der Waals surface area contributed by atoms with Gasteiger partial charge in [-0.3, -0.25) is 14.4 Å². The van der Waals surface area contributed by atoms with E-state index >= 15 is 0 Å². The lowest BCUT2D eigenvalue weighted by Gasteiger charge is -2.18. The quantitative estimate of drug-likeness (QED) is 0.0261. The first-order valence-electron chi connectivity index (χ1n) is 34.1. The number of esters is 3. The molecule has 0 aromatic heterocycles. The highest BCUT2D eigenvalue weighted by Crippen LogP contribution is 2.17. The summed E-state index contributed by atoms with van der Waals surface area (Å²) in [5, 5.41) is 0. The molecule has 1 atom stereocenters. The van der Waals surface area contributed by atoms with Crippen molar-refractivity contribution in [2.75, 3.05) is 13.2 Å². The Bertz CT molecular complexity index is 1500. The van der Waals surface area contributed by atoms with E-state index in [1.54, 1.807) is 0 Å². The Balaban J connectivity index is 4.40. The highest BCUT2D eigenvalue weighted by molar-refractivity contribution is 5.71. The van der Waals surface area contributed by atoms with Gasteiger partial charge in [0.05, 0.1) is 0 Å². The average molecular weight is 1100 g/mol. The van der Waals surface area contributed by atoms with Gasteiger partial charge in [0.2, 0.25) is 0 Å². The summed E-state index contributed by atoms with van der Waals surface area (Å²) >= 11 is 0. The lowest BCUT2D eigenvalue weighted by molar-refractivity contribution is -0.167. The van der Waals surface area contributed by atoms with Gasteiger partial charge < -0.3 is 14.2 Å². The summed E-state index contributed by atoms with van der Waals surface area (Å²) in [6.45, 7) is 6.52. The second-order valence-electron chi connectivity index (χ2n) is 22.7. The minimum Gasteiger partial charge on any atom is -0.462 e. The summed E-state index contributed by atoms with van der Waals surface area (Å²) in [6.07, 6.45) is 88.9. The molecule has 1 unspecified atom stereocenters. The highest BCUT2D eigenvalue weighted by Gasteiger charge is 2.19. The van der Waals surface area contributed by atoms with Crippen molar-refractivity contribution in [3.05, 3.63) is 85.1 Å². The molecule has 0 N–H and O–H groups in total. The van der Waals surface area contributed by atoms with Crippen LogP contribution in [0.5, 0.6) is 0 Å². The number of hydrogen-bond donors (Lipinski definition) is 0. The molecule has 0 aliphatic carbocycles. The van der Waals surface area contributed by atoms with Crippen LogP contribution in [0.3, 0.4) is 0 Å². The molecule has 0 heterocycles. The lowest BCUT2D eigenvalue weighted by Crippen LogP contribution is -2.30. The molecule has 0 saturated carbocycles. The number of carbonyl (C=O) groups is 3. The topological polar surface area (TPSA) is 78.9 Å². The van der Waals surface area contributed by atoms with Crippen molar-refractivity contribution in [1.29, 1.82) is 0 Å². The van der Waals surface area contributed by atoms with Crippen LogP contribution in [0.25, 0.3) is 0 Å². The van der Waals surface area contributed by atoms with Gasteiger partial charge in [-0.15, -0.1) is 0 Å². The maximum atomic E-state index is 12.9. The molecular formula is C73H128O6. The van der Waals surface area contributed by atoms with Gasteiger partial charge >= 0.3 is 17.9 Å². The van der Waals surface area contributed by atoms with Crippen LogP contribution in [0.2, 0.25) is 0 Å². The molecular weight excluding hydrogens is 973 g/mol. The Labute approximate surface area is 490 Å². The molecule has 79 heavy (non-hydrogen) atoms. The van der Waals surface area contributed by atoms with Crippen molar-refractivity contribution in [1.82, 2.24) is 0 Å². The first-order chi connectivity index (χ1) is 39.0.